The summed E-state index contributed by atoms with van der Waals surface area (Å²) >= 11 is 0. The Morgan fingerprint density at radius 2 is 2.10 bits per heavy atom. The molecule has 21 heavy (non-hydrogen) atoms. The predicted molar refractivity (Wildman–Crippen MR) is 82.6 cm³/mol. The minimum absolute atomic E-state index is 0.111. The lowest BCUT2D eigenvalue weighted by Crippen LogP contribution is -2.53. The zero-order valence-electron chi connectivity index (χ0n) is 13.2. The third-order valence-corrected chi connectivity index (χ3v) is 4.16. The van der Waals surface area contributed by atoms with Crippen LogP contribution < -0.4 is 5.73 Å². The van der Waals surface area contributed by atoms with Crippen LogP contribution in [0.4, 0.5) is 0 Å². The number of hydrogen-bond acceptors (Lipinski definition) is 4. The van der Waals surface area contributed by atoms with Crippen molar-refractivity contribution in [2.24, 2.45) is 12.8 Å². The van der Waals surface area contributed by atoms with Gasteiger partial charge in [-0.2, -0.15) is 0 Å². The maximum Gasteiger partial charge on any atom is 0.239 e. The van der Waals surface area contributed by atoms with Crippen LogP contribution in [0.15, 0.2) is 12.4 Å². The van der Waals surface area contributed by atoms with Crippen molar-refractivity contribution in [2.45, 2.75) is 38.8 Å². The Morgan fingerprint density at radius 1 is 1.38 bits per heavy atom. The third-order valence-electron chi connectivity index (χ3n) is 4.16. The Labute approximate surface area is 126 Å². The number of imidazole rings is 1. The normalized spacial score (nSPS) is 18.0. The molecule has 0 radical (unpaired) electrons. The van der Waals surface area contributed by atoms with E-state index in [1.807, 2.05) is 28.9 Å². The van der Waals surface area contributed by atoms with Crippen LogP contribution in [-0.4, -0.2) is 57.5 Å². The molecule has 6 nitrogen and oxygen atoms in total. The predicted octanol–water partition coefficient (Wildman–Crippen LogP) is 0.582. The Morgan fingerprint density at radius 3 is 2.67 bits per heavy atom. The number of carbonyl (C=O) groups is 1. The molecule has 0 aromatic carbocycles. The van der Waals surface area contributed by atoms with Gasteiger partial charge in [-0.05, 0) is 6.42 Å². The lowest BCUT2D eigenvalue weighted by molar-refractivity contribution is -0.134. The van der Waals surface area contributed by atoms with Gasteiger partial charge in [-0.25, -0.2) is 4.98 Å². The van der Waals surface area contributed by atoms with Gasteiger partial charge in [0.05, 0.1) is 12.6 Å². The van der Waals surface area contributed by atoms with E-state index in [1.165, 1.54) is 0 Å². The molecule has 1 aromatic rings. The van der Waals surface area contributed by atoms with Crippen molar-refractivity contribution in [1.82, 2.24) is 19.4 Å². The molecule has 1 aliphatic heterocycles. The fraction of sp³-hybridized carbons (Fsp3) is 0.733. The topological polar surface area (TPSA) is 67.4 Å². The molecule has 118 valence electrons. The summed E-state index contributed by atoms with van der Waals surface area (Å²) in [6.45, 7) is 6.27. The van der Waals surface area contributed by atoms with Crippen LogP contribution in [0.3, 0.4) is 0 Å². The lowest BCUT2D eigenvalue weighted by atomic mass is 10.1. The quantitative estimate of drug-likeness (QED) is 0.833. The van der Waals surface area contributed by atoms with E-state index in [9.17, 15) is 4.79 Å². The third kappa shape index (κ3) is 4.28. The first kappa shape index (κ1) is 16.0. The van der Waals surface area contributed by atoms with Gasteiger partial charge in [0, 0.05) is 45.6 Å². The number of nitrogens with zero attached hydrogens (tertiary/aromatic N) is 4. The van der Waals surface area contributed by atoms with E-state index in [-0.39, 0.29) is 11.9 Å². The maximum atomic E-state index is 12.2. The number of carbonyl (C=O) groups excluding carboxylic acids is 1. The van der Waals surface area contributed by atoms with Crippen LogP contribution in [0, 0.1) is 0 Å². The average Bonchev–Trinajstić information content (AvgIpc) is 2.90. The van der Waals surface area contributed by atoms with Crippen molar-refractivity contribution in [3.05, 3.63) is 18.2 Å². The molecule has 0 saturated carbocycles. The molecule has 1 fully saturated rings. The van der Waals surface area contributed by atoms with E-state index in [0.717, 1.165) is 57.8 Å². The summed E-state index contributed by atoms with van der Waals surface area (Å²) in [5, 5.41) is 0. The van der Waals surface area contributed by atoms with Crippen molar-refractivity contribution in [1.29, 1.82) is 0 Å². The van der Waals surface area contributed by atoms with Crippen molar-refractivity contribution >= 4 is 5.91 Å². The van der Waals surface area contributed by atoms with Crippen molar-refractivity contribution in [3.63, 3.8) is 0 Å². The van der Waals surface area contributed by atoms with Gasteiger partial charge in [-0.3, -0.25) is 9.69 Å². The zero-order valence-corrected chi connectivity index (χ0v) is 13.2. The van der Waals surface area contributed by atoms with Crippen molar-refractivity contribution < 1.29 is 4.79 Å². The van der Waals surface area contributed by atoms with Crippen LogP contribution in [0.5, 0.6) is 0 Å². The van der Waals surface area contributed by atoms with E-state index in [4.69, 9.17) is 5.73 Å². The molecule has 0 spiro atoms. The monoisotopic (exact) mass is 293 g/mol. The standard InChI is InChI=1S/C15H27N5O/c1-3-4-5-13(16)15(21)20-10-8-19(9-11-20)12-14-17-6-7-18(14)2/h6-7,13H,3-5,8-12,16H2,1-2H3. The molecule has 1 unspecified atom stereocenters. The van der Waals surface area contributed by atoms with Crippen LogP contribution >= 0.6 is 0 Å². The van der Waals surface area contributed by atoms with E-state index in [1.54, 1.807) is 0 Å². The lowest BCUT2D eigenvalue weighted by Gasteiger charge is -2.35. The summed E-state index contributed by atoms with van der Waals surface area (Å²) in [4.78, 5) is 20.8. The average molecular weight is 293 g/mol. The summed E-state index contributed by atoms with van der Waals surface area (Å²) in [5.41, 5.74) is 5.98. The molecular formula is C15H27N5O. The summed E-state index contributed by atoms with van der Waals surface area (Å²) in [6.07, 6.45) is 6.68. The number of aromatic nitrogens is 2. The van der Waals surface area contributed by atoms with Gasteiger partial charge in [-0.1, -0.05) is 19.8 Å². The van der Waals surface area contributed by atoms with Gasteiger partial charge in [0.1, 0.15) is 5.82 Å². The number of aryl methyl sites for hydroxylation is 1. The Kier molecular flexibility index (Phi) is 5.76. The first-order valence-electron chi connectivity index (χ1n) is 7.84. The molecule has 0 bridgehead atoms. The second-order valence-corrected chi connectivity index (χ2v) is 5.80. The molecule has 2 heterocycles. The largest absolute Gasteiger partial charge is 0.339 e. The maximum absolute atomic E-state index is 12.2. The van der Waals surface area contributed by atoms with Gasteiger partial charge >= 0.3 is 0 Å². The molecule has 1 aromatic heterocycles. The summed E-state index contributed by atoms with van der Waals surface area (Å²) < 4.78 is 2.04. The first-order valence-corrected chi connectivity index (χ1v) is 7.84. The molecule has 6 heteroatoms. The second-order valence-electron chi connectivity index (χ2n) is 5.80. The first-order chi connectivity index (χ1) is 10.1. The van der Waals surface area contributed by atoms with Crippen LogP contribution in [0.1, 0.15) is 32.0 Å². The molecule has 1 aliphatic rings. The zero-order chi connectivity index (χ0) is 15.2. The molecule has 2 rings (SSSR count). The minimum Gasteiger partial charge on any atom is -0.339 e. The summed E-state index contributed by atoms with van der Waals surface area (Å²) in [7, 11) is 2.01. The number of piperazine rings is 1. The Balaban J connectivity index is 1.77. The fourth-order valence-electron chi connectivity index (χ4n) is 2.66. The van der Waals surface area contributed by atoms with Crippen LogP contribution in [-0.2, 0) is 18.4 Å². The Hall–Kier alpha value is -1.40. The van der Waals surface area contributed by atoms with E-state index in [2.05, 4.69) is 16.8 Å². The van der Waals surface area contributed by atoms with E-state index < -0.39 is 0 Å². The number of unbranched alkanes of at least 4 members (excludes halogenated alkanes) is 1. The van der Waals surface area contributed by atoms with Crippen molar-refractivity contribution in [3.8, 4) is 0 Å². The van der Waals surface area contributed by atoms with Crippen LogP contribution in [0.2, 0.25) is 0 Å². The molecule has 1 atom stereocenters. The molecule has 0 aliphatic carbocycles. The molecule has 1 saturated heterocycles. The van der Waals surface area contributed by atoms with Gasteiger partial charge in [0.2, 0.25) is 5.91 Å². The highest BCUT2D eigenvalue weighted by atomic mass is 16.2. The van der Waals surface area contributed by atoms with E-state index >= 15 is 0 Å². The van der Waals surface area contributed by atoms with Gasteiger partial charge < -0.3 is 15.2 Å². The fourth-order valence-corrected chi connectivity index (χ4v) is 2.66. The van der Waals surface area contributed by atoms with Gasteiger partial charge in [0.15, 0.2) is 0 Å². The molecule has 2 N–H and O–H groups in total. The smallest absolute Gasteiger partial charge is 0.239 e. The number of rotatable bonds is 6. The van der Waals surface area contributed by atoms with Gasteiger partial charge in [0.25, 0.3) is 0 Å². The molecule has 1 amide bonds. The number of amides is 1. The minimum atomic E-state index is -0.328. The second kappa shape index (κ2) is 7.56. The van der Waals surface area contributed by atoms with E-state index in [0.29, 0.717) is 0 Å². The summed E-state index contributed by atoms with van der Waals surface area (Å²) in [5.74, 6) is 1.18. The SMILES string of the molecule is CCCCC(N)C(=O)N1CCN(Cc2nccn2C)CC1. The summed E-state index contributed by atoms with van der Waals surface area (Å²) in [6, 6.07) is -0.328. The van der Waals surface area contributed by atoms with Gasteiger partial charge in [-0.15, -0.1) is 0 Å². The number of hydrogen-bond donors (Lipinski definition) is 1. The van der Waals surface area contributed by atoms with Crippen LogP contribution in [0.25, 0.3) is 0 Å². The molecular weight excluding hydrogens is 266 g/mol. The highest BCUT2D eigenvalue weighted by Crippen LogP contribution is 2.09. The Bertz CT molecular complexity index is 451. The van der Waals surface area contributed by atoms with Crippen molar-refractivity contribution in [2.75, 3.05) is 26.2 Å². The number of nitrogens with two attached hydrogens (primary N) is 1. The highest BCUT2D eigenvalue weighted by molar-refractivity contribution is 5.81. The highest BCUT2D eigenvalue weighted by Gasteiger charge is 2.25.